The lowest BCUT2D eigenvalue weighted by Crippen LogP contribution is -2.35. The summed E-state index contributed by atoms with van der Waals surface area (Å²) >= 11 is 0. The van der Waals surface area contributed by atoms with Gasteiger partial charge in [0.05, 0.1) is 0 Å². The summed E-state index contributed by atoms with van der Waals surface area (Å²) < 4.78 is 0. The molecule has 0 aromatic carbocycles. The molecule has 0 fully saturated rings. The highest BCUT2D eigenvalue weighted by Gasteiger charge is 2.06. The first kappa shape index (κ1) is 5.83. The van der Waals surface area contributed by atoms with Crippen LogP contribution in [-0.4, -0.2) is 12.1 Å². The van der Waals surface area contributed by atoms with Crippen molar-refractivity contribution in [2.75, 3.05) is 0 Å². The van der Waals surface area contributed by atoms with Crippen molar-refractivity contribution >= 4 is 0 Å². The van der Waals surface area contributed by atoms with Crippen LogP contribution in [-0.2, 0) is 0 Å². The summed E-state index contributed by atoms with van der Waals surface area (Å²) in [5.41, 5.74) is 0. The predicted octanol–water partition coefficient (Wildman–Crippen LogP) is 1.31. The van der Waals surface area contributed by atoms with Gasteiger partial charge in [-0.1, -0.05) is 12.2 Å². The maximum Gasteiger partial charge on any atom is 0.0224 e. The molecule has 8 heavy (non-hydrogen) atoms. The first-order valence-electron chi connectivity index (χ1n) is 3.22. The molecule has 1 heteroatoms. The molecule has 1 nitrogen and oxygen atoms in total. The van der Waals surface area contributed by atoms with Gasteiger partial charge in [-0.3, -0.25) is 0 Å². The first-order chi connectivity index (χ1) is 3.79. The summed E-state index contributed by atoms with van der Waals surface area (Å²) in [4.78, 5) is 0. The van der Waals surface area contributed by atoms with Gasteiger partial charge >= 0.3 is 0 Å². The van der Waals surface area contributed by atoms with Crippen LogP contribution in [0.25, 0.3) is 0 Å². The van der Waals surface area contributed by atoms with Crippen LogP contribution in [0.3, 0.4) is 0 Å². The maximum absolute atomic E-state index is 3.39. The highest BCUT2D eigenvalue weighted by molar-refractivity contribution is 4.98. The van der Waals surface area contributed by atoms with E-state index >= 15 is 0 Å². The predicted molar refractivity (Wildman–Crippen MR) is 35.8 cm³/mol. The fourth-order valence-corrected chi connectivity index (χ4v) is 1.06. The van der Waals surface area contributed by atoms with Gasteiger partial charge in [-0.15, -0.1) is 0 Å². The number of hydrogen-bond donors (Lipinski definition) is 1. The largest absolute Gasteiger partial charge is 0.308 e. The zero-order valence-corrected chi connectivity index (χ0v) is 5.52. The minimum atomic E-state index is 0.582. The van der Waals surface area contributed by atoms with Crippen LogP contribution >= 0.6 is 0 Å². The molecule has 0 saturated carbocycles. The molecule has 46 valence electrons. The third-order valence-electron chi connectivity index (χ3n) is 1.46. The molecule has 0 aromatic rings. The molecule has 0 amide bonds. The Kier molecular flexibility index (Phi) is 1.69. The normalized spacial score (nSPS) is 37.8. The minimum Gasteiger partial charge on any atom is -0.308 e. The van der Waals surface area contributed by atoms with Crippen molar-refractivity contribution in [2.24, 2.45) is 0 Å². The molecule has 1 aliphatic heterocycles. The molecule has 0 aromatic heterocycles. The van der Waals surface area contributed by atoms with Gasteiger partial charge in [0.2, 0.25) is 0 Å². The van der Waals surface area contributed by atoms with E-state index in [2.05, 4.69) is 31.3 Å². The van der Waals surface area contributed by atoms with E-state index in [4.69, 9.17) is 0 Å². The van der Waals surface area contributed by atoms with Crippen LogP contribution in [0, 0.1) is 0 Å². The lowest BCUT2D eigenvalue weighted by Gasteiger charge is -2.20. The summed E-state index contributed by atoms with van der Waals surface area (Å²) in [7, 11) is 0. The average molecular weight is 111 g/mol. The van der Waals surface area contributed by atoms with E-state index < -0.39 is 0 Å². The topological polar surface area (TPSA) is 12.0 Å². The van der Waals surface area contributed by atoms with Crippen LogP contribution in [0.15, 0.2) is 12.2 Å². The summed E-state index contributed by atoms with van der Waals surface area (Å²) in [5.74, 6) is 0. The van der Waals surface area contributed by atoms with Gasteiger partial charge in [0.1, 0.15) is 0 Å². The lowest BCUT2D eigenvalue weighted by atomic mass is 10.1. The second-order valence-corrected chi connectivity index (χ2v) is 2.52. The zero-order chi connectivity index (χ0) is 5.98. The number of nitrogens with one attached hydrogen (secondary N) is 1. The first-order valence-corrected chi connectivity index (χ1v) is 3.22. The third kappa shape index (κ3) is 1.34. The lowest BCUT2D eigenvalue weighted by molar-refractivity contribution is 0.499. The van der Waals surface area contributed by atoms with Crippen LogP contribution in [0.4, 0.5) is 0 Å². The van der Waals surface area contributed by atoms with E-state index in [1.54, 1.807) is 0 Å². The molecular formula is C7H13N. The molecule has 2 atom stereocenters. The van der Waals surface area contributed by atoms with Crippen molar-refractivity contribution in [3.05, 3.63) is 12.2 Å². The minimum absolute atomic E-state index is 0.582. The fourth-order valence-electron chi connectivity index (χ4n) is 1.06. The molecule has 0 radical (unpaired) electrons. The van der Waals surface area contributed by atoms with Gasteiger partial charge in [-0.2, -0.15) is 0 Å². The van der Waals surface area contributed by atoms with Crippen molar-refractivity contribution < 1.29 is 0 Å². The van der Waals surface area contributed by atoms with Crippen molar-refractivity contribution in [2.45, 2.75) is 32.4 Å². The van der Waals surface area contributed by atoms with Crippen molar-refractivity contribution in [1.82, 2.24) is 5.32 Å². The quantitative estimate of drug-likeness (QED) is 0.465. The maximum atomic E-state index is 3.39. The fraction of sp³-hybridized carbons (Fsp3) is 0.714. The van der Waals surface area contributed by atoms with Crippen molar-refractivity contribution in [3.8, 4) is 0 Å². The van der Waals surface area contributed by atoms with E-state index in [-0.39, 0.29) is 0 Å². The van der Waals surface area contributed by atoms with Gasteiger partial charge in [0, 0.05) is 12.1 Å². The molecule has 0 saturated heterocycles. The highest BCUT2D eigenvalue weighted by Crippen LogP contribution is 2.01. The van der Waals surface area contributed by atoms with Crippen LogP contribution in [0.2, 0.25) is 0 Å². The van der Waals surface area contributed by atoms with Gasteiger partial charge in [0.15, 0.2) is 0 Å². The van der Waals surface area contributed by atoms with Gasteiger partial charge in [-0.25, -0.2) is 0 Å². The van der Waals surface area contributed by atoms with Crippen LogP contribution in [0.1, 0.15) is 20.3 Å². The Morgan fingerprint density at radius 1 is 1.50 bits per heavy atom. The standard InChI is InChI=1S/C7H13N/c1-6-4-3-5-7(2)8-6/h3-4,6-8H,5H2,1-2H3/t6?,7-/m1/s1. The number of hydrogen-bond acceptors (Lipinski definition) is 1. The summed E-state index contributed by atoms with van der Waals surface area (Å²) in [6.07, 6.45) is 5.64. The Morgan fingerprint density at radius 2 is 2.25 bits per heavy atom. The van der Waals surface area contributed by atoms with Gasteiger partial charge in [0.25, 0.3) is 0 Å². The van der Waals surface area contributed by atoms with E-state index in [1.807, 2.05) is 0 Å². The van der Waals surface area contributed by atoms with E-state index in [1.165, 1.54) is 6.42 Å². The molecular weight excluding hydrogens is 98.1 g/mol. The van der Waals surface area contributed by atoms with Crippen LogP contribution < -0.4 is 5.32 Å². The Bertz CT molecular complexity index is 96.6. The van der Waals surface area contributed by atoms with E-state index in [9.17, 15) is 0 Å². The monoisotopic (exact) mass is 111 g/mol. The Balaban J connectivity index is 2.42. The molecule has 1 unspecified atom stereocenters. The highest BCUT2D eigenvalue weighted by atomic mass is 14.9. The smallest absolute Gasteiger partial charge is 0.0224 e. The Morgan fingerprint density at radius 3 is 2.62 bits per heavy atom. The molecule has 1 N–H and O–H groups in total. The molecule has 0 aliphatic carbocycles. The molecule has 1 heterocycles. The van der Waals surface area contributed by atoms with Crippen molar-refractivity contribution in [1.29, 1.82) is 0 Å². The second-order valence-electron chi connectivity index (χ2n) is 2.52. The Labute approximate surface area is 50.8 Å². The Hall–Kier alpha value is -0.300. The average Bonchev–Trinajstić information content (AvgIpc) is 1.64. The van der Waals surface area contributed by atoms with E-state index in [0.717, 1.165) is 0 Å². The number of rotatable bonds is 0. The summed E-state index contributed by atoms with van der Waals surface area (Å²) in [6.45, 7) is 4.38. The molecule has 1 aliphatic rings. The zero-order valence-electron chi connectivity index (χ0n) is 5.52. The summed E-state index contributed by atoms with van der Waals surface area (Å²) in [6, 6.07) is 1.26. The van der Waals surface area contributed by atoms with E-state index in [0.29, 0.717) is 12.1 Å². The van der Waals surface area contributed by atoms with Crippen LogP contribution in [0.5, 0.6) is 0 Å². The van der Waals surface area contributed by atoms with Crippen molar-refractivity contribution in [3.63, 3.8) is 0 Å². The molecule has 0 bridgehead atoms. The van der Waals surface area contributed by atoms with Gasteiger partial charge < -0.3 is 5.32 Å². The molecule has 1 rings (SSSR count). The second kappa shape index (κ2) is 2.31. The summed E-state index contributed by atoms with van der Waals surface area (Å²) in [5, 5.41) is 3.39. The molecule has 0 spiro atoms. The van der Waals surface area contributed by atoms with Gasteiger partial charge in [-0.05, 0) is 20.3 Å². The SMILES string of the molecule is CC1C=CC[C@@H](C)N1. The third-order valence-corrected chi connectivity index (χ3v) is 1.46.